The summed E-state index contributed by atoms with van der Waals surface area (Å²) in [5.74, 6) is 0.919. The quantitative estimate of drug-likeness (QED) is 0.363. The lowest BCUT2D eigenvalue weighted by Gasteiger charge is -2.22. The van der Waals surface area contributed by atoms with Crippen molar-refractivity contribution in [2.75, 3.05) is 20.2 Å². The van der Waals surface area contributed by atoms with Crippen LogP contribution in [-0.4, -0.2) is 35.6 Å². The maximum absolute atomic E-state index is 5.43. The molecule has 2 rings (SSSR count). The molecular formula is C20H31IN4O. The molecule has 1 heterocycles. The highest BCUT2D eigenvalue weighted by molar-refractivity contribution is 14.0. The summed E-state index contributed by atoms with van der Waals surface area (Å²) in [6.45, 7) is 7.85. The van der Waals surface area contributed by atoms with E-state index in [1.54, 1.807) is 0 Å². The summed E-state index contributed by atoms with van der Waals surface area (Å²) in [4.78, 5) is 6.93. The van der Waals surface area contributed by atoms with Crippen molar-refractivity contribution in [3.63, 3.8) is 0 Å². The molecule has 1 aromatic heterocycles. The van der Waals surface area contributed by atoms with E-state index >= 15 is 0 Å². The van der Waals surface area contributed by atoms with Crippen LogP contribution in [0.1, 0.15) is 30.7 Å². The fraction of sp³-hybridized carbons (Fsp3) is 0.450. The fourth-order valence-corrected chi connectivity index (χ4v) is 2.58. The molecule has 0 aliphatic heterocycles. The summed E-state index contributed by atoms with van der Waals surface area (Å²) >= 11 is 0. The lowest BCUT2D eigenvalue weighted by molar-refractivity contribution is 0.134. The van der Waals surface area contributed by atoms with Crippen LogP contribution in [0.5, 0.6) is 0 Å². The number of guanidine groups is 1. The summed E-state index contributed by atoms with van der Waals surface area (Å²) in [6, 6.07) is 12.7. The molecule has 1 aromatic carbocycles. The number of nitrogens with zero attached hydrogens (tertiary/aromatic N) is 3. The number of hydrogen-bond donors (Lipinski definition) is 1. The van der Waals surface area contributed by atoms with E-state index in [-0.39, 0.29) is 24.0 Å². The lowest BCUT2D eigenvalue weighted by atomic mass is 10.1. The van der Waals surface area contributed by atoms with Gasteiger partial charge in [-0.15, -0.1) is 24.0 Å². The Morgan fingerprint density at radius 1 is 1.15 bits per heavy atom. The van der Waals surface area contributed by atoms with Crippen LogP contribution in [0.25, 0.3) is 0 Å². The molecule has 0 unspecified atom stereocenters. The second-order valence-electron chi connectivity index (χ2n) is 6.09. The molecule has 0 aliphatic rings. The molecule has 26 heavy (non-hydrogen) atoms. The van der Waals surface area contributed by atoms with Crippen molar-refractivity contribution < 1.29 is 4.74 Å². The maximum atomic E-state index is 5.43. The summed E-state index contributed by atoms with van der Waals surface area (Å²) in [5.41, 5.74) is 3.65. The number of rotatable bonds is 8. The van der Waals surface area contributed by atoms with E-state index in [9.17, 15) is 0 Å². The van der Waals surface area contributed by atoms with Crippen molar-refractivity contribution in [3.8, 4) is 0 Å². The first-order valence-electron chi connectivity index (χ1n) is 8.89. The van der Waals surface area contributed by atoms with Crippen LogP contribution in [0.2, 0.25) is 0 Å². The van der Waals surface area contributed by atoms with Gasteiger partial charge in [0.05, 0.1) is 19.7 Å². The third-order valence-electron chi connectivity index (χ3n) is 4.05. The van der Waals surface area contributed by atoms with Gasteiger partial charge in [-0.25, -0.2) is 4.99 Å². The average Bonchev–Trinajstić information content (AvgIpc) is 3.02. The Bertz CT molecular complexity index is 667. The second-order valence-corrected chi connectivity index (χ2v) is 6.09. The molecule has 0 fully saturated rings. The molecule has 6 heteroatoms. The van der Waals surface area contributed by atoms with E-state index in [2.05, 4.69) is 78.4 Å². The fourth-order valence-electron chi connectivity index (χ4n) is 2.58. The predicted octanol–water partition coefficient (Wildman–Crippen LogP) is 3.78. The maximum Gasteiger partial charge on any atom is 0.194 e. The van der Waals surface area contributed by atoms with Crippen molar-refractivity contribution in [2.24, 2.45) is 12.0 Å². The number of aromatic nitrogens is 1. The van der Waals surface area contributed by atoms with Crippen LogP contribution >= 0.6 is 24.0 Å². The molecule has 0 aliphatic carbocycles. The van der Waals surface area contributed by atoms with Crippen molar-refractivity contribution in [3.05, 3.63) is 59.4 Å². The van der Waals surface area contributed by atoms with Crippen molar-refractivity contribution in [1.29, 1.82) is 0 Å². The van der Waals surface area contributed by atoms with Crippen molar-refractivity contribution in [1.82, 2.24) is 14.8 Å². The number of halogens is 1. The molecule has 5 nitrogen and oxygen atoms in total. The number of benzene rings is 1. The first-order chi connectivity index (χ1) is 12.1. The number of hydrogen-bond acceptors (Lipinski definition) is 2. The Morgan fingerprint density at radius 3 is 2.42 bits per heavy atom. The largest absolute Gasteiger partial charge is 0.377 e. The zero-order chi connectivity index (χ0) is 18.1. The van der Waals surface area contributed by atoms with E-state index in [1.807, 2.05) is 6.92 Å². The third kappa shape index (κ3) is 6.99. The molecule has 0 amide bonds. The topological polar surface area (TPSA) is 41.8 Å². The van der Waals surface area contributed by atoms with Gasteiger partial charge < -0.3 is 19.5 Å². The summed E-state index contributed by atoms with van der Waals surface area (Å²) < 4.78 is 7.57. The summed E-state index contributed by atoms with van der Waals surface area (Å²) in [5, 5.41) is 3.37. The minimum absolute atomic E-state index is 0. The third-order valence-corrected chi connectivity index (χ3v) is 4.05. The molecule has 144 valence electrons. The molecule has 0 atom stereocenters. The Morgan fingerprint density at radius 2 is 1.85 bits per heavy atom. The highest BCUT2D eigenvalue weighted by Crippen LogP contribution is 2.08. The number of aryl methyl sites for hydroxylation is 1. The Hall–Kier alpha value is -1.54. The van der Waals surface area contributed by atoms with Gasteiger partial charge in [-0.05, 0) is 37.1 Å². The van der Waals surface area contributed by atoms with E-state index in [1.165, 1.54) is 16.8 Å². The molecule has 1 N–H and O–H groups in total. The van der Waals surface area contributed by atoms with Gasteiger partial charge in [0.25, 0.3) is 0 Å². The van der Waals surface area contributed by atoms with Gasteiger partial charge in [-0.2, -0.15) is 0 Å². The van der Waals surface area contributed by atoms with Crippen LogP contribution < -0.4 is 5.32 Å². The normalized spacial score (nSPS) is 11.2. The molecule has 0 saturated heterocycles. The van der Waals surface area contributed by atoms with E-state index in [0.29, 0.717) is 13.2 Å². The second kappa shape index (κ2) is 12.0. The zero-order valence-electron chi connectivity index (χ0n) is 16.2. The zero-order valence-corrected chi connectivity index (χ0v) is 18.6. The number of aliphatic imine (C=N–C) groups is 1. The Balaban J connectivity index is 0.00000338. The van der Waals surface area contributed by atoms with Gasteiger partial charge in [-0.1, -0.05) is 24.3 Å². The van der Waals surface area contributed by atoms with Crippen LogP contribution in [0, 0.1) is 0 Å². The first kappa shape index (κ1) is 22.5. The van der Waals surface area contributed by atoms with Gasteiger partial charge in [0, 0.05) is 39.1 Å². The van der Waals surface area contributed by atoms with E-state index in [4.69, 9.17) is 9.73 Å². The van der Waals surface area contributed by atoms with Crippen LogP contribution in [-0.2, 0) is 31.5 Å². The van der Waals surface area contributed by atoms with Gasteiger partial charge in [0.15, 0.2) is 5.96 Å². The standard InChI is InChI=1S/C20H30N4O.HI/c1-5-21-20(24(4)15-19-8-7-13-23(19)3)22-14-17-9-11-18(12-10-17)16-25-6-2;/h7-13H,5-6,14-16H2,1-4H3,(H,21,22);1H. The van der Waals surface area contributed by atoms with Crippen LogP contribution in [0.15, 0.2) is 47.6 Å². The van der Waals surface area contributed by atoms with Gasteiger partial charge in [0.1, 0.15) is 0 Å². The summed E-state index contributed by atoms with van der Waals surface area (Å²) in [6.07, 6.45) is 2.07. The molecule has 0 spiro atoms. The van der Waals surface area contributed by atoms with Crippen LogP contribution in [0.3, 0.4) is 0 Å². The number of ether oxygens (including phenoxy) is 1. The minimum atomic E-state index is 0. The van der Waals surface area contributed by atoms with E-state index < -0.39 is 0 Å². The minimum Gasteiger partial charge on any atom is -0.377 e. The summed E-state index contributed by atoms with van der Waals surface area (Å²) in [7, 11) is 4.14. The molecule has 0 radical (unpaired) electrons. The molecular weight excluding hydrogens is 439 g/mol. The molecule has 2 aromatic rings. The monoisotopic (exact) mass is 470 g/mol. The lowest BCUT2D eigenvalue weighted by Crippen LogP contribution is -2.38. The smallest absolute Gasteiger partial charge is 0.194 e. The molecule has 0 saturated carbocycles. The Labute approximate surface area is 174 Å². The number of nitrogens with one attached hydrogen (secondary N) is 1. The van der Waals surface area contributed by atoms with Crippen molar-refractivity contribution in [2.45, 2.75) is 33.5 Å². The van der Waals surface area contributed by atoms with Gasteiger partial charge in [-0.3, -0.25) is 0 Å². The first-order valence-corrected chi connectivity index (χ1v) is 8.89. The molecule has 0 bridgehead atoms. The Kier molecular flexibility index (Phi) is 10.3. The highest BCUT2D eigenvalue weighted by Gasteiger charge is 2.08. The van der Waals surface area contributed by atoms with E-state index in [0.717, 1.165) is 25.7 Å². The van der Waals surface area contributed by atoms with Crippen molar-refractivity contribution >= 4 is 29.9 Å². The average molecular weight is 470 g/mol. The predicted molar refractivity (Wildman–Crippen MR) is 119 cm³/mol. The van der Waals surface area contributed by atoms with Gasteiger partial charge in [0.2, 0.25) is 0 Å². The van der Waals surface area contributed by atoms with Crippen LogP contribution in [0.4, 0.5) is 0 Å². The highest BCUT2D eigenvalue weighted by atomic mass is 127. The van der Waals surface area contributed by atoms with Gasteiger partial charge >= 0.3 is 0 Å². The SMILES string of the molecule is CCNC(=NCc1ccc(COCC)cc1)N(C)Cc1cccn1C.I.